The molecule has 2 N–H and O–H groups in total. The topological polar surface area (TPSA) is 76.4 Å². The van der Waals surface area contributed by atoms with Crippen molar-refractivity contribution < 1.29 is 4.74 Å². The van der Waals surface area contributed by atoms with Gasteiger partial charge in [0.1, 0.15) is 19.0 Å². The second kappa shape index (κ2) is 7.64. The van der Waals surface area contributed by atoms with Crippen LogP contribution in [0.5, 0.6) is 0 Å². The lowest BCUT2D eigenvalue weighted by atomic mass is 10.1. The van der Waals surface area contributed by atoms with Gasteiger partial charge < -0.3 is 15.4 Å². The number of fused-ring (bicyclic) bond motifs is 1. The molecule has 1 atom stereocenters. The largest absolute Gasteiger partial charge is 0.377 e. The maximum atomic E-state index is 5.25. The number of hydrogen-bond acceptors (Lipinski definition) is 4. The van der Waals surface area contributed by atoms with E-state index in [1.807, 2.05) is 11.6 Å². The van der Waals surface area contributed by atoms with Crippen molar-refractivity contribution in [2.75, 3.05) is 20.2 Å². The molecule has 1 aliphatic rings. The summed E-state index contributed by atoms with van der Waals surface area (Å²) >= 11 is 0. The summed E-state index contributed by atoms with van der Waals surface area (Å²) in [6, 6.07) is 0.269. The van der Waals surface area contributed by atoms with Gasteiger partial charge in [0, 0.05) is 26.1 Å². The Balaban J connectivity index is 1.98. The number of nitrogens with zero attached hydrogens (tertiary/aromatic N) is 4. The van der Waals surface area contributed by atoms with Crippen LogP contribution in [-0.4, -0.2) is 47.0 Å². The molecule has 7 heteroatoms. The molecule has 0 saturated heterocycles. The van der Waals surface area contributed by atoms with Crippen molar-refractivity contribution in [3.05, 3.63) is 11.6 Å². The Bertz CT molecular complexity index is 530. The van der Waals surface area contributed by atoms with Gasteiger partial charge >= 0.3 is 0 Å². The number of rotatable bonds is 5. The molecule has 0 radical (unpaired) electrons. The number of guanidine groups is 1. The van der Waals surface area contributed by atoms with Gasteiger partial charge in [-0.25, -0.2) is 14.7 Å². The van der Waals surface area contributed by atoms with Crippen molar-refractivity contribution in [3.8, 4) is 12.3 Å². The lowest BCUT2D eigenvalue weighted by molar-refractivity contribution is 0.177. The van der Waals surface area contributed by atoms with E-state index < -0.39 is 0 Å². The number of ether oxygens (including phenoxy) is 1. The minimum Gasteiger partial charge on any atom is -0.377 e. The number of aryl methyl sites for hydroxylation is 1. The highest BCUT2D eigenvalue weighted by Crippen LogP contribution is 2.13. The predicted molar refractivity (Wildman–Crippen MR) is 80.8 cm³/mol. The highest BCUT2D eigenvalue weighted by molar-refractivity contribution is 5.80. The first kappa shape index (κ1) is 15.3. The first-order chi connectivity index (χ1) is 10.3. The third-order valence-electron chi connectivity index (χ3n) is 3.19. The van der Waals surface area contributed by atoms with Gasteiger partial charge in [-0.05, 0) is 13.3 Å². The first-order valence-corrected chi connectivity index (χ1v) is 7.16. The van der Waals surface area contributed by atoms with Gasteiger partial charge in [0.05, 0.1) is 6.54 Å². The van der Waals surface area contributed by atoms with Crippen LogP contribution >= 0.6 is 0 Å². The fraction of sp³-hybridized carbons (Fsp3) is 0.643. The Labute approximate surface area is 125 Å². The molecule has 0 aliphatic carbocycles. The van der Waals surface area contributed by atoms with Gasteiger partial charge in [-0.1, -0.05) is 5.92 Å². The molecule has 0 spiro atoms. The third kappa shape index (κ3) is 4.20. The molecule has 0 saturated carbocycles. The predicted octanol–water partition coefficient (Wildman–Crippen LogP) is -0.0724. The second-order valence-corrected chi connectivity index (χ2v) is 4.84. The van der Waals surface area contributed by atoms with Crippen LogP contribution in [0, 0.1) is 12.3 Å². The Morgan fingerprint density at radius 2 is 2.48 bits per heavy atom. The van der Waals surface area contributed by atoms with E-state index in [1.54, 1.807) is 7.11 Å². The Morgan fingerprint density at radius 1 is 1.62 bits per heavy atom. The molecule has 0 fully saturated rings. The fourth-order valence-electron chi connectivity index (χ4n) is 2.31. The second-order valence-electron chi connectivity index (χ2n) is 4.84. The van der Waals surface area contributed by atoms with E-state index in [2.05, 4.69) is 31.6 Å². The van der Waals surface area contributed by atoms with Gasteiger partial charge in [0.25, 0.3) is 0 Å². The van der Waals surface area contributed by atoms with Crippen molar-refractivity contribution in [3.63, 3.8) is 0 Å². The summed E-state index contributed by atoms with van der Waals surface area (Å²) in [5.41, 5.74) is 0. The molecule has 1 unspecified atom stereocenters. The Morgan fingerprint density at radius 3 is 3.19 bits per heavy atom. The van der Waals surface area contributed by atoms with Gasteiger partial charge in [0.15, 0.2) is 11.8 Å². The molecule has 0 bridgehead atoms. The average molecular weight is 290 g/mol. The third-order valence-corrected chi connectivity index (χ3v) is 3.19. The molecule has 114 valence electrons. The quantitative estimate of drug-likeness (QED) is 0.451. The maximum Gasteiger partial charge on any atom is 0.192 e. The van der Waals surface area contributed by atoms with E-state index in [9.17, 15) is 0 Å². The summed E-state index contributed by atoms with van der Waals surface area (Å²) in [5, 5.41) is 11.0. The van der Waals surface area contributed by atoms with Gasteiger partial charge in [-0.2, -0.15) is 5.10 Å². The molecule has 0 amide bonds. The van der Waals surface area contributed by atoms with E-state index in [-0.39, 0.29) is 6.04 Å². The lowest BCUT2D eigenvalue weighted by Gasteiger charge is -2.25. The number of hydrogen-bond donors (Lipinski definition) is 2. The number of methoxy groups -OCH3 is 1. The zero-order chi connectivity index (χ0) is 15.1. The Hall–Kier alpha value is -2.07. The highest BCUT2D eigenvalue weighted by atomic mass is 16.5. The van der Waals surface area contributed by atoms with Crippen molar-refractivity contribution in [1.82, 2.24) is 25.4 Å². The zero-order valence-corrected chi connectivity index (χ0v) is 12.6. The molecule has 21 heavy (non-hydrogen) atoms. The van der Waals surface area contributed by atoms with Crippen LogP contribution in [0.25, 0.3) is 0 Å². The SMILES string of the molecule is C#CCN=C(NCC)NC1CCc2nc(COC)nn2C1. The summed E-state index contributed by atoms with van der Waals surface area (Å²) in [5.74, 6) is 5.03. The first-order valence-electron chi connectivity index (χ1n) is 7.16. The van der Waals surface area contributed by atoms with Gasteiger partial charge in [-0.3, -0.25) is 0 Å². The molecule has 1 aliphatic heterocycles. The molecule has 0 aromatic carbocycles. The average Bonchev–Trinajstić information content (AvgIpc) is 2.87. The van der Waals surface area contributed by atoms with Gasteiger partial charge in [-0.15, -0.1) is 6.42 Å². The van der Waals surface area contributed by atoms with Crippen LogP contribution < -0.4 is 10.6 Å². The van der Waals surface area contributed by atoms with E-state index in [4.69, 9.17) is 11.2 Å². The van der Waals surface area contributed by atoms with Crippen LogP contribution in [0.3, 0.4) is 0 Å². The summed E-state index contributed by atoms with van der Waals surface area (Å²) in [7, 11) is 1.65. The molecule has 1 aromatic rings. The smallest absolute Gasteiger partial charge is 0.192 e. The van der Waals surface area contributed by atoms with E-state index in [0.717, 1.165) is 43.5 Å². The van der Waals surface area contributed by atoms with Crippen molar-refractivity contribution >= 4 is 5.96 Å². The number of aromatic nitrogens is 3. The molecule has 2 heterocycles. The number of terminal acetylenes is 1. The molecule has 7 nitrogen and oxygen atoms in total. The Kier molecular flexibility index (Phi) is 5.58. The monoisotopic (exact) mass is 290 g/mol. The lowest BCUT2D eigenvalue weighted by Crippen LogP contribution is -2.47. The van der Waals surface area contributed by atoms with Crippen LogP contribution in [0.15, 0.2) is 4.99 Å². The summed E-state index contributed by atoms with van der Waals surface area (Å²) in [4.78, 5) is 8.78. The minimum atomic E-state index is 0.269. The van der Waals surface area contributed by atoms with Crippen LogP contribution in [0.4, 0.5) is 0 Å². The van der Waals surface area contributed by atoms with Crippen LogP contribution in [0.2, 0.25) is 0 Å². The van der Waals surface area contributed by atoms with E-state index in [1.165, 1.54) is 0 Å². The van der Waals surface area contributed by atoms with Crippen molar-refractivity contribution in [2.45, 2.75) is 39.0 Å². The van der Waals surface area contributed by atoms with Crippen molar-refractivity contribution in [2.24, 2.45) is 4.99 Å². The fourth-order valence-corrected chi connectivity index (χ4v) is 2.31. The zero-order valence-electron chi connectivity index (χ0n) is 12.6. The number of aliphatic imine (C=N–C) groups is 1. The van der Waals surface area contributed by atoms with E-state index >= 15 is 0 Å². The minimum absolute atomic E-state index is 0.269. The molecule has 1 aromatic heterocycles. The van der Waals surface area contributed by atoms with Crippen LogP contribution in [0.1, 0.15) is 25.0 Å². The van der Waals surface area contributed by atoms with E-state index in [0.29, 0.717) is 13.2 Å². The summed E-state index contributed by atoms with van der Waals surface area (Å²) < 4.78 is 7.02. The summed E-state index contributed by atoms with van der Waals surface area (Å²) in [6.07, 6.45) is 7.14. The maximum absolute atomic E-state index is 5.25. The normalized spacial score (nSPS) is 18.0. The highest BCUT2D eigenvalue weighted by Gasteiger charge is 2.22. The molecular formula is C14H22N6O. The molecule has 2 rings (SSSR count). The number of nitrogens with one attached hydrogen (secondary N) is 2. The summed E-state index contributed by atoms with van der Waals surface area (Å²) in [6.45, 7) is 4.42. The van der Waals surface area contributed by atoms with Gasteiger partial charge in [0.2, 0.25) is 0 Å². The molecular weight excluding hydrogens is 268 g/mol. The standard InChI is InChI=1S/C14H22N6O/c1-4-8-16-14(15-5-2)17-11-6-7-13-18-12(10-21-3)19-20(13)9-11/h1,11H,5-10H2,2-3H3,(H2,15,16,17). The van der Waals surface area contributed by atoms with Crippen LogP contribution in [-0.2, 0) is 24.3 Å². The van der Waals surface area contributed by atoms with Crippen molar-refractivity contribution in [1.29, 1.82) is 0 Å².